The van der Waals surface area contributed by atoms with E-state index in [9.17, 15) is 9.59 Å². The third-order valence-corrected chi connectivity index (χ3v) is 6.57. The van der Waals surface area contributed by atoms with Crippen LogP contribution in [-0.4, -0.2) is 35.0 Å². The van der Waals surface area contributed by atoms with Crippen molar-refractivity contribution in [3.05, 3.63) is 65.6 Å². The minimum atomic E-state index is -0.330. The average molecular weight is 464 g/mol. The number of nitrogens with zero attached hydrogens (tertiary/aromatic N) is 2. The summed E-state index contributed by atoms with van der Waals surface area (Å²) in [4.78, 5) is 29.8. The molecular weight excluding hydrogens is 430 g/mol. The van der Waals surface area contributed by atoms with E-state index in [0.717, 1.165) is 5.56 Å². The Morgan fingerprint density at radius 3 is 2.62 bits per heavy atom. The Bertz CT molecular complexity index is 1120. The van der Waals surface area contributed by atoms with Crippen molar-refractivity contribution < 1.29 is 19.1 Å². The first-order chi connectivity index (χ1) is 16.6. The number of imidazole rings is 1. The predicted molar refractivity (Wildman–Crippen MR) is 130 cm³/mol. The van der Waals surface area contributed by atoms with Crippen LogP contribution in [0, 0.1) is 12.8 Å². The number of benzene rings is 1. The van der Waals surface area contributed by atoms with Crippen LogP contribution in [0.5, 0.6) is 5.75 Å². The molecule has 0 saturated heterocycles. The number of fused-ring (bicyclic) bond motifs is 1. The van der Waals surface area contributed by atoms with Gasteiger partial charge in [0.25, 0.3) is 5.91 Å². The molecule has 2 aromatic heterocycles. The first kappa shape index (κ1) is 23.8. The van der Waals surface area contributed by atoms with Gasteiger partial charge in [-0.1, -0.05) is 49.6 Å². The molecule has 1 fully saturated rings. The Labute approximate surface area is 200 Å². The van der Waals surface area contributed by atoms with E-state index >= 15 is 0 Å². The zero-order chi connectivity index (χ0) is 23.9. The molecular formula is C27H33N3O4. The molecule has 7 heteroatoms. The number of rotatable bonds is 9. The van der Waals surface area contributed by atoms with Crippen molar-refractivity contribution in [3.63, 3.8) is 0 Å². The zero-order valence-electron chi connectivity index (χ0n) is 20.0. The molecule has 0 aliphatic heterocycles. The maximum atomic E-state index is 13.4. The summed E-state index contributed by atoms with van der Waals surface area (Å²) in [5.41, 5.74) is 2.68. The third kappa shape index (κ3) is 5.58. The van der Waals surface area contributed by atoms with E-state index in [-0.39, 0.29) is 24.3 Å². The summed E-state index contributed by atoms with van der Waals surface area (Å²) in [5.74, 6) is 0.726. The molecule has 2 heterocycles. The second-order valence-corrected chi connectivity index (χ2v) is 8.98. The Morgan fingerprint density at radius 2 is 1.88 bits per heavy atom. The smallest absolute Gasteiger partial charge is 0.305 e. The van der Waals surface area contributed by atoms with Crippen molar-refractivity contribution in [3.8, 4) is 5.75 Å². The molecule has 1 aliphatic rings. The van der Waals surface area contributed by atoms with E-state index < -0.39 is 0 Å². The normalized spacial score (nSPS) is 15.1. The van der Waals surface area contributed by atoms with Crippen molar-refractivity contribution in [1.82, 2.24) is 14.7 Å². The van der Waals surface area contributed by atoms with Gasteiger partial charge in [0.2, 0.25) is 0 Å². The van der Waals surface area contributed by atoms with Gasteiger partial charge in [0.1, 0.15) is 5.69 Å². The molecule has 1 N–H and O–H groups in total. The number of ether oxygens (including phenoxy) is 2. The van der Waals surface area contributed by atoms with Gasteiger partial charge >= 0.3 is 5.97 Å². The number of methoxy groups -OCH3 is 1. The van der Waals surface area contributed by atoms with Crippen LogP contribution in [0.25, 0.3) is 5.65 Å². The van der Waals surface area contributed by atoms with Crippen molar-refractivity contribution in [1.29, 1.82) is 0 Å². The molecule has 0 radical (unpaired) electrons. The molecule has 4 rings (SSSR count). The highest BCUT2D eigenvalue weighted by molar-refractivity contribution is 5.95. The molecule has 1 aromatic carbocycles. The molecule has 0 unspecified atom stereocenters. The molecule has 1 amide bonds. The predicted octanol–water partition coefficient (Wildman–Crippen LogP) is 5.03. The van der Waals surface area contributed by atoms with Crippen LogP contribution in [-0.2, 0) is 9.53 Å². The van der Waals surface area contributed by atoms with Gasteiger partial charge in [-0.15, -0.1) is 0 Å². The van der Waals surface area contributed by atoms with Crippen LogP contribution >= 0.6 is 0 Å². The average Bonchev–Trinajstić information content (AvgIpc) is 3.22. The second-order valence-electron chi connectivity index (χ2n) is 8.98. The van der Waals surface area contributed by atoms with E-state index in [4.69, 9.17) is 9.47 Å². The first-order valence-corrected chi connectivity index (χ1v) is 12.1. The summed E-state index contributed by atoms with van der Waals surface area (Å²) in [6.07, 6.45) is 8.74. The molecule has 7 nitrogen and oxygen atoms in total. The zero-order valence-corrected chi connectivity index (χ0v) is 20.0. The summed E-state index contributed by atoms with van der Waals surface area (Å²) >= 11 is 0. The van der Waals surface area contributed by atoms with E-state index in [1.54, 1.807) is 4.40 Å². The summed E-state index contributed by atoms with van der Waals surface area (Å²) in [6, 6.07) is 13.1. The number of pyridine rings is 1. The van der Waals surface area contributed by atoms with E-state index in [1.165, 1.54) is 39.2 Å². The van der Waals surface area contributed by atoms with Crippen molar-refractivity contribution in [2.24, 2.45) is 5.92 Å². The molecule has 3 aromatic rings. The lowest BCUT2D eigenvalue weighted by atomic mass is 9.90. The van der Waals surface area contributed by atoms with Crippen molar-refractivity contribution in [2.45, 2.75) is 57.9 Å². The summed E-state index contributed by atoms with van der Waals surface area (Å²) < 4.78 is 12.8. The minimum Gasteiger partial charge on any atom is -0.489 e. The molecule has 34 heavy (non-hydrogen) atoms. The highest BCUT2D eigenvalue weighted by atomic mass is 16.5. The molecule has 0 spiro atoms. The SMILES string of the molecule is COC(=O)CC[C@H](NC(=O)c1c(C)nc2c(OCC3CCCCC3)cccn12)c1ccccc1. The number of carbonyl (C=O) groups excluding carboxylic acids is 2. The van der Waals surface area contributed by atoms with Crippen LogP contribution < -0.4 is 10.1 Å². The van der Waals surface area contributed by atoms with E-state index in [2.05, 4.69) is 10.3 Å². The first-order valence-electron chi connectivity index (χ1n) is 12.1. The summed E-state index contributed by atoms with van der Waals surface area (Å²) in [7, 11) is 1.37. The highest BCUT2D eigenvalue weighted by Gasteiger charge is 2.23. The van der Waals surface area contributed by atoms with Crippen LogP contribution in [0.3, 0.4) is 0 Å². The lowest BCUT2D eigenvalue weighted by Gasteiger charge is -2.21. The Kier molecular flexibility index (Phi) is 7.83. The maximum Gasteiger partial charge on any atom is 0.305 e. The molecule has 1 atom stereocenters. The van der Waals surface area contributed by atoms with Crippen LogP contribution in [0.1, 0.15) is 72.7 Å². The maximum absolute atomic E-state index is 13.4. The van der Waals surface area contributed by atoms with E-state index in [0.29, 0.717) is 41.7 Å². The molecule has 0 bridgehead atoms. The number of amides is 1. The Hall–Kier alpha value is -3.35. The van der Waals surface area contributed by atoms with Gasteiger partial charge in [-0.25, -0.2) is 4.98 Å². The Balaban J connectivity index is 1.54. The number of aryl methyl sites for hydroxylation is 1. The quantitative estimate of drug-likeness (QED) is 0.450. The monoisotopic (exact) mass is 463 g/mol. The van der Waals surface area contributed by atoms with Gasteiger partial charge < -0.3 is 14.8 Å². The fourth-order valence-corrected chi connectivity index (χ4v) is 4.70. The van der Waals surface area contributed by atoms with Gasteiger partial charge in [0.15, 0.2) is 11.4 Å². The summed E-state index contributed by atoms with van der Waals surface area (Å²) in [6.45, 7) is 2.51. The molecule has 1 saturated carbocycles. The lowest BCUT2D eigenvalue weighted by Crippen LogP contribution is -2.30. The lowest BCUT2D eigenvalue weighted by molar-refractivity contribution is -0.140. The second kappa shape index (κ2) is 11.2. The van der Waals surface area contributed by atoms with Crippen LogP contribution in [0.15, 0.2) is 48.7 Å². The third-order valence-electron chi connectivity index (χ3n) is 6.57. The van der Waals surface area contributed by atoms with E-state index in [1.807, 2.05) is 55.6 Å². The number of hydrogen-bond donors (Lipinski definition) is 1. The highest BCUT2D eigenvalue weighted by Crippen LogP contribution is 2.27. The van der Waals surface area contributed by atoms with Gasteiger partial charge in [0, 0.05) is 12.6 Å². The van der Waals surface area contributed by atoms with Gasteiger partial charge in [-0.2, -0.15) is 0 Å². The fraction of sp³-hybridized carbons (Fsp3) is 0.444. The van der Waals surface area contributed by atoms with Gasteiger partial charge in [-0.05, 0) is 49.8 Å². The Morgan fingerprint density at radius 1 is 1.12 bits per heavy atom. The number of esters is 1. The van der Waals surface area contributed by atoms with Crippen molar-refractivity contribution in [2.75, 3.05) is 13.7 Å². The number of carbonyl (C=O) groups is 2. The fourth-order valence-electron chi connectivity index (χ4n) is 4.70. The number of aromatic nitrogens is 2. The van der Waals surface area contributed by atoms with Crippen LogP contribution in [0.4, 0.5) is 0 Å². The van der Waals surface area contributed by atoms with Crippen molar-refractivity contribution >= 4 is 17.5 Å². The largest absolute Gasteiger partial charge is 0.489 e. The topological polar surface area (TPSA) is 81.9 Å². The summed E-state index contributed by atoms with van der Waals surface area (Å²) in [5, 5.41) is 3.10. The number of hydrogen-bond acceptors (Lipinski definition) is 5. The molecule has 1 aliphatic carbocycles. The number of nitrogens with one attached hydrogen (secondary N) is 1. The van der Waals surface area contributed by atoms with Gasteiger partial charge in [-0.3, -0.25) is 14.0 Å². The van der Waals surface area contributed by atoms with Gasteiger partial charge in [0.05, 0.1) is 25.5 Å². The van der Waals surface area contributed by atoms with Crippen LogP contribution in [0.2, 0.25) is 0 Å². The standard InChI is InChI=1S/C27H33N3O4/c1-19-25(27(32)29-22(15-16-24(31)33-2)21-12-7-4-8-13-21)30-17-9-14-23(26(30)28-19)34-18-20-10-5-3-6-11-20/h4,7-9,12-14,17,20,22H,3,5-6,10-11,15-16,18H2,1-2H3,(H,29,32)/t22-/m0/s1. The minimum absolute atomic E-state index is 0.210. The molecule has 180 valence electrons.